The number of ketones is 1. The summed E-state index contributed by atoms with van der Waals surface area (Å²) in [6.45, 7) is 8.42. The van der Waals surface area contributed by atoms with Crippen LogP contribution in [0.5, 0.6) is 0 Å². The van der Waals surface area contributed by atoms with Gasteiger partial charge in [0.05, 0.1) is 18.5 Å². The highest BCUT2D eigenvalue weighted by atomic mass is 35.5. The molecule has 21 heavy (non-hydrogen) atoms. The zero-order valence-electron chi connectivity index (χ0n) is 13.4. The third-order valence-corrected chi connectivity index (χ3v) is 2.99. The van der Waals surface area contributed by atoms with Crippen molar-refractivity contribution in [2.24, 2.45) is 11.7 Å². The zero-order chi connectivity index (χ0) is 16.8. The summed E-state index contributed by atoms with van der Waals surface area (Å²) in [7, 11) is 0. The molecule has 2 atom stereocenters. The quantitative estimate of drug-likeness (QED) is 0.630. The van der Waals surface area contributed by atoms with E-state index in [0.29, 0.717) is 13.0 Å². The van der Waals surface area contributed by atoms with Gasteiger partial charge in [0.1, 0.15) is 0 Å². The second kappa shape index (κ2) is 13.8. The van der Waals surface area contributed by atoms with E-state index in [9.17, 15) is 14.4 Å². The fourth-order valence-corrected chi connectivity index (χ4v) is 1.96. The van der Waals surface area contributed by atoms with E-state index in [1.165, 1.54) is 0 Å². The third kappa shape index (κ3) is 8.67. The van der Waals surface area contributed by atoms with E-state index in [1.54, 1.807) is 0 Å². The topological polar surface area (TPSA) is 101 Å². The van der Waals surface area contributed by atoms with E-state index in [2.05, 4.69) is 10.6 Å². The second-order valence-corrected chi connectivity index (χ2v) is 4.20. The van der Waals surface area contributed by atoms with Crippen molar-refractivity contribution in [1.29, 1.82) is 0 Å². The summed E-state index contributed by atoms with van der Waals surface area (Å²) in [6.07, 6.45) is 0.951. The van der Waals surface area contributed by atoms with Crippen LogP contribution >= 0.6 is 11.6 Å². The molecule has 0 bridgehead atoms. The summed E-state index contributed by atoms with van der Waals surface area (Å²) in [5, 5.41) is 5.17. The van der Waals surface area contributed by atoms with E-state index in [4.69, 9.17) is 17.3 Å². The van der Waals surface area contributed by atoms with Crippen molar-refractivity contribution >= 4 is 29.2 Å². The van der Waals surface area contributed by atoms with Crippen LogP contribution in [-0.2, 0) is 14.4 Å². The van der Waals surface area contributed by atoms with Crippen LogP contribution in [0.4, 0.5) is 0 Å². The summed E-state index contributed by atoms with van der Waals surface area (Å²) in [6, 6.07) is -0.725. The molecule has 4 N–H and O–H groups in total. The Bertz CT molecular complexity index is 325. The molecule has 0 aromatic carbocycles. The van der Waals surface area contributed by atoms with Crippen LogP contribution in [0.15, 0.2) is 0 Å². The Hall–Kier alpha value is -1.14. The number of hydrogen-bond acceptors (Lipinski definition) is 4. The average Bonchev–Trinajstić information content (AvgIpc) is 2.94. The van der Waals surface area contributed by atoms with Crippen molar-refractivity contribution in [2.75, 3.05) is 19.0 Å². The summed E-state index contributed by atoms with van der Waals surface area (Å²) in [5.74, 6) is -1.24. The number of nitrogens with one attached hydrogen (secondary N) is 2. The number of Topliss-reactive ketones (excluding diaryl/α,β-unsaturated/α-hetero) is 1. The van der Waals surface area contributed by atoms with Gasteiger partial charge in [-0.05, 0) is 12.8 Å². The van der Waals surface area contributed by atoms with Crippen molar-refractivity contribution in [3.8, 4) is 0 Å². The number of rotatable bonds is 6. The lowest BCUT2D eigenvalue weighted by molar-refractivity contribution is -0.127. The molecule has 0 saturated carbocycles. The molecule has 0 radical (unpaired) electrons. The molecule has 0 spiro atoms. The molecule has 2 amide bonds. The van der Waals surface area contributed by atoms with Gasteiger partial charge >= 0.3 is 0 Å². The minimum Gasteiger partial charge on any atom is -0.356 e. The van der Waals surface area contributed by atoms with Crippen molar-refractivity contribution in [2.45, 2.75) is 46.6 Å². The molecule has 1 saturated heterocycles. The van der Waals surface area contributed by atoms with Gasteiger partial charge < -0.3 is 16.4 Å². The Morgan fingerprint density at radius 3 is 2.33 bits per heavy atom. The molecular formula is C14H28ClN3O3. The van der Waals surface area contributed by atoms with Gasteiger partial charge in [0.2, 0.25) is 11.8 Å². The van der Waals surface area contributed by atoms with Crippen molar-refractivity contribution in [3.05, 3.63) is 0 Å². The maximum absolute atomic E-state index is 11.5. The van der Waals surface area contributed by atoms with Gasteiger partial charge in [-0.3, -0.25) is 14.4 Å². The number of halogens is 1. The van der Waals surface area contributed by atoms with Crippen molar-refractivity contribution in [3.63, 3.8) is 0 Å². The summed E-state index contributed by atoms with van der Waals surface area (Å²) in [4.78, 5) is 34.1. The van der Waals surface area contributed by atoms with Crippen LogP contribution in [0, 0.1) is 5.92 Å². The number of nitrogens with two attached hydrogens (primary N) is 1. The highest BCUT2D eigenvalue weighted by Gasteiger charge is 2.30. The Morgan fingerprint density at radius 1 is 1.38 bits per heavy atom. The Kier molecular flexibility index (Phi) is 14.6. The van der Waals surface area contributed by atoms with Crippen molar-refractivity contribution < 1.29 is 14.4 Å². The second-order valence-electron chi connectivity index (χ2n) is 3.94. The molecule has 1 fully saturated rings. The lowest BCUT2D eigenvalue weighted by Crippen LogP contribution is -2.45. The Balaban J connectivity index is 0. The molecule has 0 aromatic heterocycles. The molecule has 1 heterocycles. The largest absolute Gasteiger partial charge is 0.356 e. The summed E-state index contributed by atoms with van der Waals surface area (Å²) < 4.78 is 0. The van der Waals surface area contributed by atoms with Gasteiger partial charge in [-0.25, -0.2) is 0 Å². The fourth-order valence-electron chi connectivity index (χ4n) is 1.77. The Labute approximate surface area is 132 Å². The van der Waals surface area contributed by atoms with E-state index in [0.717, 1.165) is 0 Å². The molecule has 6 nitrogen and oxygen atoms in total. The fraction of sp³-hybridized carbons (Fsp3) is 0.786. The van der Waals surface area contributed by atoms with Crippen molar-refractivity contribution in [1.82, 2.24) is 10.6 Å². The van der Waals surface area contributed by atoms with Crippen LogP contribution in [-0.4, -0.2) is 42.6 Å². The minimum absolute atomic E-state index is 0.0839. The lowest BCUT2D eigenvalue weighted by Gasteiger charge is -2.18. The molecule has 2 unspecified atom stereocenters. The van der Waals surface area contributed by atoms with Gasteiger partial charge in [0.15, 0.2) is 5.78 Å². The van der Waals surface area contributed by atoms with Gasteiger partial charge in [-0.15, -0.1) is 11.6 Å². The van der Waals surface area contributed by atoms with Crippen LogP contribution < -0.4 is 16.4 Å². The summed E-state index contributed by atoms with van der Waals surface area (Å²) in [5.41, 5.74) is 5.16. The molecule has 7 heteroatoms. The molecule has 1 aliphatic rings. The first kappa shape index (κ1) is 22.1. The van der Waals surface area contributed by atoms with Gasteiger partial charge in [-0.2, -0.15) is 0 Å². The highest BCUT2D eigenvalue weighted by molar-refractivity contribution is 6.28. The number of amides is 2. The van der Waals surface area contributed by atoms with Gasteiger partial charge in [0, 0.05) is 12.5 Å². The normalized spacial score (nSPS) is 17.4. The number of carbonyl (C=O) groups is 3. The number of hydrogen-bond donors (Lipinski definition) is 3. The molecule has 1 aliphatic heterocycles. The van der Waals surface area contributed by atoms with Gasteiger partial charge in [-0.1, -0.05) is 27.7 Å². The zero-order valence-corrected chi connectivity index (χ0v) is 14.1. The third-order valence-electron chi connectivity index (χ3n) is 2.72. The standard InChI is InChI=1S/C10H16ClN3O3.2C2H6/c11-4-8(15)7(14-9(16)5-12)3-6-1-2-13-10(6)17;2*1-2/h6-7H,1-5,12H2,(H,13,17)(H,14,16);2*1-2H3. The number of alkyl halides is 1. The summed E-state index contributed by atoms with van der Waals surface area (Å²) >= 11 is 5.46. The van der Waals surface area contributed by atoms with E-state index in [-0.39, 0.29) is 36.5 Å². The molecule has 124 valence electrons. The maximum atomic E-state index is 11.5. The minimum atomic E-state index is -0.725. The average molecular weight is 322 g/mol. The smallest absolute Gasteiger partial charge is 0.234 e. The molecule has 1 rings (SSSR count). The SMILES string of the molecule is CC.CC.NCC(=O)NC(CC1CCNC1=O)C(=O)CCl. The van der Waals surface area contributed by atoms with Crippen LogP contribution in [0.25, 0.3) is 0 Å². The maximum Gasteiger partial charge on any atom is 0.234 e. The van der Waals surface area contributed by atoms with E-state index in [1.807, 2.05) is 27.7 Å². The van der Waals surface area contributed by atoms with Crippen LogP contribution in [0.2, 0.25) is 0 Å². The molecule has 0 aliphatic carbocycles. The lowest BCUT2D eigenvalue weighted by atomic mass is 9.96. The Morgan fingerprint density at radius 2 is 1.95 bits per heavy atom. The predicted octanol–water partition coefficient (Wildman–Crippen LogP) is 0.816. The first-order valence-corrected chi connectivity index (χ1v) is 7.97. The number of carbonyl (C=O) groups excluding carboxylic acids is 3. The molecular weight excluding hydrogens is 294 g/mol. The van der Waals surface area contributed by atoms with Crippen LogP contribution in [0.3, 0.4) is 0 Å². The van der Waals surface area contributed by atoms with Crippen LogP contribution in [0.1, 0.15) is 40.5 Å². The first-order chi connectivity index (χ1) is 10.1. The highest BCUT2D eigenvalue weighted by Crippen LogP contribution is 2.16. The molecule has 0 aromatic rings. The van der Waals surface area contributed by atoms with E-state index < -0.39 is 11.9 Å². The predicted molar refractivity (Wildman–Crippen MR) is 85.1 cm³/mol. The monoisotopic (exact) mass is 321 g/mol. The van der Waals surface area contributed by atoms with E-state index >= 15 is 0 Å². The van der Waals surface area contributed by atoms with Gasteiger partial charge in [0.25, 0.3) is 0 Å². The first-order valence-electron chi connectivity index (χ1n) is 7.44.